The molecule has 0 unspecified atom stereocenters. The number of likely N-dealkylation sites (tertiary alicyclic amines) is 1. The molecule has 0 saturated carbocycles. The van der Waals surface area contributed by atoms with Crippen molar-refractivity contribution in [1.29, 1.82) is 0 Å². The van der Waals surface area contributed by atoms with E-state index in [0.717, 1.165) is 12.0 Å². The van der Waals surface area contributed by atoms with E-state index < -0.39 is 28.2 Å². The Kier molecular flexibility index (Phi) is 3.83. The first-order valence-electron chi connectivity index (χ1n) is 8.94. The minimum Gasteiger partial charge on any atom is -0.493 e. The Hall–Kier alpha value is -1.65. The van der Waals surface area contributed by atoms with Gasteiger partial charge in [-0.1, -0.05) is 22.6 Å². The van der Waals surface area contributed by atoms with Gasteiger partial charge in [-0.15, -0.1) is 0 Å². The van der Waals surface area contributed by atoms with Crippen molar-refractivity contribution in [2.75, 3.05) is 20.7 Å². The maximum absolute atomic E-state index is 12.3. The number of hydrogen-bond acceptors (Lipinski definition) is 8. The summed E-state index contributed by atoms with van der Waals surface area (Å²) < 4.78 is 46.7. The maximum atomic E-state index is 12.3. The van der Waals surface area contributed by atoms with Crippen LogP contribution in [-0.2, 0) is 30.2 Å². The highest BCUT2D eigenvalue weighted by Crippen LogP contribution is 2.49. The zero-order valence-corrected chi connectivity index (χ0v) is 15.8. The van der Waals surface area contributed by atoms with Gasteiger partial charge in [-0.3, -0.25) is 0 Å². The lowest BCUT2D eigenvalue weighted by Crippen LogP contribution is -2.67. The highest BCUT2D eigenvalue weighted by Gasteiger charge is 2.62. The lowest BCUT2D eigenvalue weighted by Gasteiger charge is -2.53. The van der Waals surface area contributed by atoms with Crippen molar-refractivity contribution in [3.63, 3.8) is 0 Å². The number of methoxy groups -OCH3 is 1. The molecule has 4 aliphatic rings. The van der Waals surface area contributed by atoms with Gasteiger partial charge in [0.1, 0.15) is 5.60 Å². The number of piperidine rings is 1. The van der Waals surface area contributed by atoms with Crippen molar-refractivity contribution in [2.24, 2.45) is 5.92 Å². The molecule has 1 aromatic carbocycles. The molecular weight excluding hydrogens is 374 g/mol. The van der Waals surface area contributed by atoms with Crippen LogP contribution >= 0.6 is 0 Å². The predicted octanol–water partition coefficient (Wildman–Crippen LogP) is 1.22. The molecule has 1 aromatic rings. The van der Waals surface area contributed by atoms with E-state index in [0.29, 0.717) is 24.5 Å². The molecule has 0 aromatic heterocycles. The van der Waals surface area contributed by atoms with Gasteiger partial charge in [-0.05, 0) is 37.6 Å². The van der Waals surface area contributed by atoms with Gasteiger partial charge in [-0.2, -0.15) is 8.42 Å². The fraction of sp³-hybridized carbons (Fsp3) is 0.556. The van der Waals surface area contributed by atoms with Crippen molar-refractivity contribution < 1.29 is 31.3 Å². The Morgan fingerprint density at radius 1 is 1.30 bits per heavy atom. The molecule has 0 amide bonds. The van der Waals surface area contributed by atoms with Crippen LogP contribution in [0.5, 0.6) is 11.5 Å². The molecule has 2 fully saturated rings. The van der Waals surface area contributed by atoms with Crippen LogP contribution in [0.2, 0.25) is 0 Å². The summed E-state index contributed by atoms with van der Waals surface area (Å²) in [5.74, 6) is 0.921. The number of hydrogen-bond donors (Lipinski definition) is 0. The summed E-state index contributed by atoms with van der Waals surface area (Å²) in [7, 11) is -0.693. The third kappa shape index (κ3) is 2.60. The standard InChI is InChI=1S/C18H21NO7S/c1-19-8-7-18-12-4-6-15(24-26-27(20,21)25-18)17(18)23-16-10-11(9-13(12)19)3-5-14(16)22-2/h3-6,10,12-13,15,17H,7-9H2,1-2H3/t12-,13-,15+,17-,18+/m1/s1. The molecule has 3 heterocycles. The van der Waals surface area contributed by atoms with Crippen LogP contribution < -0.4 is 9.47 Å². The molecule has 0 N–H and O–H groups in total. The Morgan fingerprint density at radius 2 is 2.15 bits per heavy atom. The van der Waals surface area contributed by atoms with Crippen LogP contribution in [0.1, 0.15) is 12.0 Å². The smallest absolute Gasteiger partial charge is 0.427 e. The minimum atomic E-state index is -4.31. The van der Waals surface area contributed by atoms with Gasteiger partial charge >= 0.3 is 10.4 Å². The number of nitrogens with zero attached hydrogens (tertiary/aromatic N) is 1. The first-order valence-corrected chi connectivity index (χ1v) is 10.3. The lowest BCUT2D eigenvalue weighted by atomic mass is 9.67. The molecule has 3 aliphatic heterocycles. The molecule has 5 rings (SSSR count). The molecule has 0 radical (unpaired) electrons. The van der Waals surface area contributed by atoms with E-state index in [1.165, 1.54) is 0 Å². The van der Waals surface area contributed by atoms with Gasteiger partial charge in [-0.25, -0.2) is 9.07 Å². The van der Waals surface area contributed by atoms with Crippen LogP contribution in [0.25, 0.3) is 0 Å². The van der Waals surface area contributed by atoms with Crippen LogP contribution in [0.15, 0.2) is 30.4 Å². The second-order valence-corrected chi connectivity index (χ2v) is 8.63. The minimum absolute atomic E-state index is 0.0506. The first kappa shape index (κ1) is 17.4. The van der Waals surface area contributed by atoms with E-state index in [2.05, 4.69) is 9.23 Å². The normalized spacial score (nSPS) is 39.3. The highest BCUT2D eigenvalue weighted by atomic mass is 32.3. The summed E-state index contributed by atoms with van der Waals surface area (Å²) in [5, 5.41) is 0. The number of fused-ring (bicyclic) bond motifs is 2. The summed E-state index contributed by atoms with van der Waals surface area (Å²) in [6, 6.07) is 5.87. The first-order chi connectivity index (χ1) is 12.9. The summed E-state index contributed by atoms with van der Waals surface area (Å²) in [4.78, 5) is 7.44. The summed E-state index contributed by atoms with van der Waals surface area (Å²) in [6.07, 6.45) is 3.60. The van der Waals surface area contributed by atoms with Crippen molar-refractivity contribution >= 4 is 10.4 Å². The molecule has 8 nitrogen and oxygen atoms in total. The van der Waals surface area contributed by atoms with E-state index in [1.807, 2.05) is 37.4 Å². The molecule has 146 valence electrons. The molecule has 1 spiro atoms. The average Bonchev–Trinajstić information content (AvgIpc) is 2.68. The SMILES string of the molecule is COc1ccc2cc1O[C@@H]1[C@@H]3C=C[C@@H]4[C@@H](C2)N(C)CC[C@]41OS(=O)(=O)OO3. The van der Waals surface area contributed by atoms with Gasteiger partial charge in [0.15, 0.2) is 23.7 Å². The van der Waals surface area contributed by atoms with E-state index in [4.69, 9.17) is 18.5 Å². The van der Waals surface area contributed by atoms with Gasteiger partial charge in [0.25, 0.3) is 0 Å². The maximum Gasteiger partial charge on any atom is 0.427 e. The molecule has 1 aliphatic carbocycles. The van der Waals surface area contributed by atoms with Crippen molar-refractivity contribution in [3.8, 4) is 11.5 Å². The summed E-state index contributed by atoms with van der Waals surface area (Å²) in [6.45, 7) is 0.671. The Labute approximate surface area is 157 Å². The molecule has 7 bridgehead atoms. The second kappa shape index (κ2) is 5.92. The average molecular weight is 395 g/mol. The number of ether oxygens (including phenoxy) is 2. The zero-order chi connectivity index (χ0) is 18.8. The third-order valence-corrected chi connectivity index (χ3v) is 6.87. The van der Waals surface area contributed by atoms with Crippen LogP contribution in [0, 0.1) is 5.92 Å². The van der Waals surface area contributed by atoms with E-state index >= 15 is 0 Å². The fourth-order valence-corrected chi connectivity index (χ4v) is 5.69. The Bertz CT molecular complexity index is 901. The van der Waals surface area contributed by atoms with Crippen LogP contribution in [0.3, 0.4) is 0 Å². The zero-order valence-electron chi connectivity index (χ0n) is 15.0. The third-order valence-electron chi connectivity index (χ3n) is 6.11. The topological polar surface area (TPSA) is 83.5 Å². The van der Waals surface area contributed by atoms with Crippen LogP contribution in [0.4, 0.5) is 0 Å². The number of benzene rings is 1. The highest BCUT2D eigenvalue weighted by molar-refractivity contribution is 7.81. The second-order valence-electron chi connectivity index (χ2n) is 7.51. The van der Waals surface area contributed by atoms with E-state index in [9.17, 15) is 8.42 Å². The van der Waals surface area contributed by atoms with Gasteiger partial charge in [0, 0.05) is 18.5 Å². The largest absolute Gasteiger partial charge is 0.493 e. The summed E-state index contributed by atoms with van der Waals surface area (Å²) >= 11 is 0. The monoisotopic (exact) mass is 395 g/mol. The van der Waals surface area contributed by atoms with Gasteiger partial charge < -0.3 is 14.4 Å². The van der Waals surface area contributed by atoms with Crippen molar-refractivity contribution in [1.82, 2.24) is 4.90 Å². The lowest BCUT2D eigenvalue weighted by molar-refractivity contribution is -0.248. The molecular formula is C18H21NO7S. The predicted molar refractivity (Wildman–Crippen MR) is 93.5 cm³/mol. The van der Waals surface area contributed by atoms with E-state index in [1.54, 1.807) is 7.11 Å². The fourth-order valence-electron chi connectivity index (χ4n) is 4.81. The summed E-state index contributed by atoms with van der Waals surface area (Å²) in [5.41, 5.74) is -0.0167. The molecule has 2 saturated heterocycles. The van der Waals surface area contributed by atoms with Crippen LogP contribution in [-0.4, -0.2) is 57.9 Å². The molecule has 5 atom stereocenters. The van der Waals surface area contributed by atoms with Crippen molar-refractivity contribution in [3.05, 3.63) is 35.9 Å². The van der Waals surface area contributed by atoms with E-state index in [-0.39, 0.29) is 12.0 Å². The quantitative estimate of drug-likeness (QED) is 0.519. The van der Waals surface area contributed by atoms with Gasteiger partial charge in [0.2, 0.25) is 0 Å². The number of likely N-dealkylation sites (N-methyl/N-ethyl adjacent to an activating group) is 1. The van der Waals surface area contributed by atoms with Gasteiger partial charge in [0.05, 0.1) is 7.11 Å². The molecule has 9 heteroatoms. The van der Waals surface area contributed by atoms with Crippen molar-refractivity contribution in [2.45, 2.75) is 36.7 Å². The molecule has 27 heavy (non-hydrogen) atoms. The number of rotatable bonds is 1. The Balaban J connectivity index is 1.73. The Morgan fingerprint density at radius 3 is 2.96 bits per heavy atom.